The van der Waals surface area contributed by atoms with E-state index in [2.05, 4.69) is 5.32 Å². The summed E-state index contributed by atoms with van der Waals surface area (Å²) in [5.74, 6) is 0.802. The number of ether oxygens (including phenoxy) is 1. The molecule has 2 rings (SSSR count). The van der Waals surface area contributed by atoms with Crippen molar-refractivity contribution in [2.45, 2.75) is 26.0 Å². The number of amides is 1. The van der Waals surface area contributed by atoms with Crippen LogP contribution in [0.2, 0.25) is 0 Å². The third kappa shape index (κ3) is 5.49. The Morgan fingerprint density at radius 1 is 1.17 bits per heavy atom. The van der Waals surface area contributed by atoms with E-state index in [4.69, 9.17) is 4.74 Å². The molecule has 128 valence electrons. The zero-order valence-electron chi connectivity index (χ0n) is 14.2. The van der Waals surface area contributed by atoms with Gasteiger partial charge in [0.2, 0.25) is 0 Å². The molecule has 1 amide bonds. The molecule has 0 heterocycles. The normalized spacial score (nSPS) is 14.5. The first-order chi connectivity index (χ1) is 11.5. The van der Waals surface area contributed by atoms with Crippen LogP contribution in [0.4, 0.5) is 0 Å². The summed E-state index contributed by atoms with van der Waals surface area (Å²) in [4.78, 5) is 12.5. The van der Waals surface area contributed by atoms with Crippen LogP contribution in [0.1, 0.15) is 24.1 Å². The van der Waals surface area contributed by atoms with Gasteiger partial charge in [-0.15, -0.1) is 0 Å². The van der Waals surface area contributed by atoms with Crippen LogP contribution in [0.5, 0.6) is 5.75 Å². The van der Waals surface area contributed by atoms with Gasteiger partial charge in [0.05, 0.1) is 6.04 Å². The number of aryl methyl sites for hydroxylation is 1. The second kappa shape index (κ2) is 8.64. The summed E-state index contributed by atoms with van der Waals surface area (Å²) >= 11 is 0. The first-order valence-electron chi connectivity index (χ1n) is 7.84. The standard InChI is InChI=1S/C19H23NO3S/c1-14-8-7-11-17(12-14)23-15(2)19(21)20-18(13-24(3)22)16-9-5-4-6-10-16/h4-12,15,18H,13H2,1-3H3,(H,20,21)/t15-,18-,24+/m1/s1. The quantitative estimate of drug-likeness (QED) is 0.839. The topological polar surface area (TPSA) is 55.4 Å². The van der Waals surface area contributed by atoms with Gasteiger partial charge in [-0.2, -0.15) is 0 Å². The Balaban J connectivity index is 2.05. The Kier molecular flexibility index (Phi) is 6.55. The zero-order valence-corrected chi connectivity index (χ0v) is 15.0. The van der Waals surface area contributed by atoms with E-state index in [0.717, 1.165) is 11.1 Å². The first kappa shape index (κ1) is 18.2. The van der Waals surface area contributed by atoms with E-state index >= 15 is 0 Å². The Bertz CT molecular complexity index is 703. The molecule has 0 saturated carbocycles. The number of carbonyl (C=O) groups is 1. The molecule has 24 heavy (non-hydrogen) atoms. The highest BCUT2D eigenvalue weighted by atomic mass is 32.2. The predicted octanol–water partition coefficient (Wildman–Crippen LogP) is 3.00. The van der Waals surface area contributed by atoms with Crippen LogP contribution >= 0.6 is 0 Å². The van der Waals surface area contributed by atoms with E-state index in [0.29, 0.717) is 11.5 Å². The lowest BCUT2D eigenvalue weighted by molar-refractivity contribution is -0.127. The minimum absolute atomic E-state index is 0.226. The second-order valence-electron chi connectivity index (χ2n) is 5.79. The van der Waals surface area contributed by atoms with Gasteiger partial charge in [-0.3, -0.25) is 9.00 Å². The number of hydrogen-bond donors (Lipinski definition) is 1. The Morgan fingerprint density at radius 3 is 2.50 bits per heavy atom. The molecular formula is C19H23NO3S. The van der Waals surface area contributed by atoms with Crippen LogP contribution in [-0.4, -0.2) is 28.2 Å². The van der Waals surface area contributed by atoms with Crippen molar-refractivity contribution >= 4 is 16.7 Å². The smallest absolute Gasteiger partial charge is 0.261 e. The summed E-state index contributed by atoms with van der Waals surface area (Å²) in [5.41, 5.74) is 2.01. The van der Waals surface area contributed by atoms with Gasteiger partial charge in [-0.25, -0.2) is 0 Å². The number of carbonyl (C=O) groups excluding carboxylic acids is 1. The average molecular weight is 345 g/mol. The Hall–Kier alpha value is -2.14. The molecule has 2 aromatic rings. The van der Waals surface area contributed by atoms with Crippen molar-refractivity contribution in [1.82, 2.24) is 5.32 Å². The molecule has 0 spiro atoms. The summed E-state index contributed by atoms with van der Waals surface area (Å²) in [6.07, 6.45) is 0.998. The van der Waals surface area contributed by atoms with Crippen LogP contribution in [0.15, 0.2) is 54.6 Å². The number of rotatable bonds is 7. The molecule has 0 fully saturated rings. The van der Waals surface area contributed by atoms with Crippen molar-refractivity contribution in [2.75, 3.05) is 12.0 Å². The van der Waals surface area contributed by atoms with Crippen LogP contribution in [-0.2, 0) is 15.6 Å². The molecule has 0 aromatic heterocycles. The van der Waals surface area contributed by atoms with Gasteiger partial charge in [0.15, 0.2) is 6.10 Å². The zero-order chi connectivity index (χ0) is 17.5. The van der Waals surface area contributed by atoms with Gasteiger partial charge < -0.3 is 10.1 Å². The van der Waals surface area contributed by atoms with Crippen molar-refractivity contribution in [1.29, 1.82) is 0 Å². The predicted molar refractivity (Wildman–Crippen MR) is 97.5 cm³/mol. The maximum Gasteiger partial charge on any atom is 0.261 e. The average Bonchev–Trinajstić information content (AvgIpc) is 2.54. The maximum atomic E-state index is 12.5. The highest BCUT2D eigenvalue weighted by Gasteiger charge is 2.21. The minimum atomic E-state index is -1.02. The Morgan fingerprint density at radius 2 is 1.88 bits per heavy atom. The molecule has 2 aromatic carbocycles. The molecular weight excluding hydrogens is 322 g/mol. The Labute approximate surface area is 145 Å². The van der Waals surface area contributed by atoms with Gasteiger partial charge in [0.25, 0.3) is 5.91 Å². The molecule has 4 nitrogen and oxygen atoms in total. The SMILES string of the molecule is Cc1cccc(O[C@H](C)C(=O)N[C@H](C[S@](C)=O)c2ccccc2)c1. The molecule has 0 unspecified atom stereocenters. The molecule has 3 atom stereocenters. The third-order valence-electron chi connectivity index (χ3n) is 3.59. The van der Waals surface area contributed by atoms with Crippen LogP contribution in [0, 0.1) is 6.92 Å². The molecule has 0 aliphatic rings. The van der Waals surface area contributed by atoms with Gasteiger partial charge in [0.1, 0.15) is 5.75 Å². The van der Waals surface area contributed by atoms with E-state index in [9.17, 15) is 9.00 Å². The van der Waals surface area contributed by atoms with Crippen LogP contribution < -0.4 is 10.1 Å². The van der Waals surface area contributed by atoms with Crippen LogP contribution in [0.3, 0.4) is 0 Å². The molecule has 0 aliphatic carbocycles. The van der Waals surface area contributed by atoms with Crippen LogP contribution in [0.25, 0.3) is 0 Å². The van der Waals surface area contributed by atoms with E-state index in [1.807, 2.05) is 61.5 Å². The maximum absolute atomic E-state index is 12.5. The van der Waals surface area contributed by atoms with Gasteiger partial charge in [0, 0.05) is 22.8 Å². The second-order valence-corrected chi connectivity index (χ2v) is 7.27. The fraction of sp³-hybridized carbons (Fsp3) is 0.316. The van der Waals surface area contributed by atoms with E-state index in [1.165, 1.54) is 0 Å². The number of hydrogen-bond acceptors (Lipinski definition) is 3. The van der Waals surface area contributed by atoms with Crippen molar-refractivity contribution in [3.05, 3.63) is 65.7 Å². The van der Waals surface area contributed by atoms with Crippen molar-refractivity contribution in [2.24, 2.45) is 0 Å². The molecule has 0 bridgehead atoms. The number of benzene rings is 2. The molecule has 1 N–H and O–H groups in total. The summed E-state index contributed by atoms with van der Waals surface area (Å²) in [6.45, 7) is 3.68. The van der Waals surface area contributed by atoms with E-state index in [1.54, 1.807) is 13.2 Å². The van der Waals surface area contributed by atoms with Crippen molar-refractivity contribution < 1.29 is 13.7 Å². The lowest BCUT2D eigenvalue weighted by Crippen LogP contribution is -2.40. The third-order valence-corrected chi connectivity index (χ3v) is 4.39. The van der Waals surface area contributed by atoms with Gasteiger partial charge in [-0.1, -0.05) is 42.5 Å². The van der Waals surface area contributed by atoms with Crippen molar-refractivity contribution in [3.8, 4) is 5.75 Å². The monoisotopic (exact) mass is 345 g/mol. The fourth-order valence-electron chi connectivity index (χ4n) is 2.38. The molecule has 0 saturated heterocycles. The number of nitrogens with one attached hydrogen (secondary N) is 1. The van der Waals surface area contributed by atoms with E-state index < -0.39 is 16.9 Å². The van der Waals surface area contributed by atoms with Gasteiger partial charge in [-0.05, 0) is 37.1 Å². The summed E-state index contributed by atoms with van der Waals surface area (Å²) < 4.78 is 17.3. The molecule has 0 radical (unpaired) electrons. The first-order valence-corrected chi connectivity index (χ1v) is 9.57. The highest BCUT2D eigenvalue weighted by Crippen LogP contribution is 2.16. The summed E-state index contributed by atoms with van der Waals surface area (Å²) in [6, 6.07) is 16.8. The fourth-order valence-corrected chi connectivity index (χ4v) is 3.12. The van der Waals surface area contributed by atoms with Gasteiger partial charge >= 0.3 is 0 Å². The summed E-state index contributed by atoms with van der Waals surface area (Å²) in [7, 11) is -1.02. The lowest BCUT2D eigenvalue weighted by Gasteiger charge is -2.21. The molecule has 5 heteroatoms. The highest BCUT2D eigenvalue weighted by molar-refractivity contribution is 7.84. The van der Waals surface area contributed by atoms with E-state index in [-0.39, 0.29) is 11.9 Å². The summed E-state index contributed by atoms with van der Waals surface area (Å²) in [5, 5.41) is 2.94. The van der Waals surface area contributed by atoms with Crippen molar-refractivity contribution in [3.63, 3.8) is 0 Å². The minimum Gasteiger partial charge on any atom is -0.481 e. The lowest BCUT2D eigenvalue weighted by atomic mass is 10.1. The largest absolute Gasteiger partial charge is 0.481 e. The molecule has 0 aliphatic heterocycles.